The van der Waals surface area contributed by atoms with Crippen LogP contribution in [0.5, 0.6) is 5.75 Å². The first-order valence-electron chi connectivity index (χ1n) is 11.8. The van der Waals surface area contributed by atoms with Gasteiger partial charge in [0.15, 0.2) is 11.5 Å². The summed E-state index contributed by atoms with van der Waals surface area (Å²) < 4.78 is 34.4. The van der Waals surface area contributed by atoms with Crippen LogP contribution < -0.4 is 14.4 Å². The third-order valence-corrected chi connectivity index (χ3v) is 9.44. The van der Waals surface area contributed by atoms with E-state index in [0.717, 1.165) is 23.5 Å². The number of carboxylic acids is 2. The first-order chi connectivity index (χ1) is 18.5. The van der Waals surface area contributed by atoms with E-state index >= 15 is 0 Å². The quantitative estimate of drug-likeness (QED) is 0.238. The number of nitrogens with zero attached hydrogens (tertiary/aromatic N) is 2. The number of benzene rings is 2. The van der Waals surface area contributed by atoms with Gasteiger partial charge >= 0.3 is 11.9 Å². The summed E-state index contributed by atoms with van der Waals surface area (Å²) in [6, 6.07) is 10.9. The van der Waals surface area contributed by atoms with Gasteiger partial charge in [0.25, 0.3) is 15.7 Å². The van der Waals surface area contributed by atoms with Crippen molar-refractivity contribution in [3.05, 3.63) is 69.1 Å². The number of rotatable bonds is 10. The molecule has 1 saturated heterocycles. The number of nitro groups is 1. The van der Waals surface area contributed by atoms with Crippen LogP contribution in [0.2, 0.25) is 0 Å². The van der Waals surface area contributed by atoms with Gasteiger partial charge in [-0.3, -0.25) is 14.4 Å². The van der Waals surface area contributed by atoms with Crippen molar-refractivity contribution < 1.29 is 37.9 Å². The van der Waals surface area contributed by atoms with E-state index in [0.29, 0.717) is 47.6 Å². The average molecular weight is 576 g/mol. The van der Waals surface area contributed by atoms with Gasteiger partial charge in [0.05, 0.1) is 15.5 Å². The largest absolute Gasteiger partial charge is 0.480 e. The Morgan fingerprint density at radius 1 is 1.15 bits per heavy atom. The zero-order chi connectivity index (χ0) is 28.3. The Morgan fingerprint density at radius 2 is 1.82 bits per heavy atom. The van der Waals surface area contributed by atoms with Crippen LogP contribution in [0, 0.1) is 17.0 Å². The molecule has 39 heavy (non-hydrogen) atoms. The molecule has 1 fully saturated rings. The third-order valence-electron chi connectivity index (χ3n) is 6.23. The van der Waals surface area contributed by atoms with Crippen molar-refractivity contribution in [2.45, 2.75) is 30.7 Å². The molecule has 1 aliphatic rings. The molecule has 206 valence electrons. The fraction of sp³-hybridized carbons (Fsp3) is 0.280. The third kappa shape index (κ3) is 5.87. The summed E-state index contributed by atoms with van der Waals surface area (Å²) in [6.45, 7) is 2.11. The van der Waals surface area contributed by atoms with Crippen LogP contribution in [0.4, 0.5) is 11.4 Å². The number of hydrogen-bond donors (Lipinski definition) is 3. The SMILES string of the molecule is Cc1c(-c2cccc(N(C3CCNCC3)S(=O)(=O)c3ccc([N+](=O)[O-])cc3)c2)sc(C(=O)O)c1OCC(=O)O. The second kappa shape index (κ2) is 11.4. The van der Waals surface area contributed by atoms with Gasteiger partial charge in [-0.25, -0.2) is 18.0 Å². The van der Waals surface area contributed by atoms with Gasteiger partial charge in [0.2, 0.25) is 0 Å². The highest BCUT2D eigenvalue weighted by Crippen LogP contribution is 2.43. The zero-order valence-corrected chi connectivity index (χ0v) is 22.3. The van der Waals surface area contributed by atoms with Crippen molar-refractivity contribution in [1.29, 1.82) is 0 Å². The summed E-state index contributed by atoms with van der Waals surface area (Å²) in [6.07, 6.45) is 1.07. The number of thiophene rings is 1. The van der Waals surface area contributed by atoms with Crippen LogP contribution in [0.3, 0.4) is 0 Å². The highest BCUT2D eigenvalue weighted by molar-refractivity contribution is 7.92. The number of sulfonamides is 1. The molecule has 0 atom stereocenters. The molecule has 1 aromatic heterocycles. The van der Waals surface area contributed by atoms with Crippen molar-refractivity contribution in [2.75, 3.05) is 24.0 Å². The Hall–Kier alpha value is -4.01. The molecule has 0 unspecified atom stereocenters. The van der Waals surface area contributed by atoms with E-state index in [9.17, 15) is 33.2 Å². The predicted molar refractivity (Wildman–Crippen MR) is 143 cm³/mol. The van der Waals surface area contributed by atoms with Gasteiger partial charge < -0.3 is 20.3 Å². The normalized spacial score (nSPS) is 14.1. The molecule has 0 saturated carbocycles. The molecule has 3 N–H and O–H groups in total. The molecule has 0 radical (unpaired) electrons. The monoisotopic (exact) mass is 575 g/mol. The maximum absolute atomic E-state index is 13.9. The highest BCUT2D eigenvalue weighted by Gasteiger charge is 2.33. The van der Waals surface area contributed by atoms with Gasteiger partial charge in [-0.05, 0) is 62.7 Å². The second-order valence-corrected chi connectivity index (χ2v) is 11.6. The van der Waals surface area contributed by atoms with Crippen molar-refractivity contribution in [3.63, 3.8) is 0 Å². The first kappa shape index (κ1) is 28.0. The average Bonchev–Trinajstić information content (AvgIpc) is 3.24. The Kier molecular flexibility index (Phi) is 8.18. The summed E-state index contributed by atoms with van der Waals surface area (Å²) in [5, 5.41) is 32.9. The van der Waals surface area contributed by atoms with Gasteiger partial charge in [0.1, 0.15) is 5.75 Å². The standard InChI is InChI=1S/C25H25N3O9S2/c1-15-22(37-14-21(29)30)24(25(31)32)38-23(15)16-3-2-4-19(13-16)27(17-9-11-26-12-10-17)39(35,36)20-7-5-18(6-8-20)28(33)34/h2-8,13,17,26H,9-12,14H2,1H3,(H,29,30)(H,31,32). The van der Waals surface area contributed by atoms with E-state index in [2.05, 4.69) is 5.32 Å². The molecule has 0 spiro atoms. The van der Waals surface area contributed by atoms with Crippen molar-refractivity contribution in [2.24, 2.45) is 0 Å². The molecule has 0 bridgehead atoms. The van der Waals surface area contributed by atoms with Crippen molar-refractivity contribution in [3.8, 4) is 16.2 Å². The lowest BCUT2D eigenvalue weighted by molar-refractivity contribution is -0.384. The maximum atomic E-state index is 13.9. The number of hydrogen-bond acceptors (Lipinski definition) is 9. The fourth-order valence-electron chi connectivity index (χ4n) is 4.45. The van der Waals surface area contributed by atoms with Crippen molar-refractivity contribution >= 4 is 44.7 Å². The number of nitrogens with one attached hydrogen (secondary N) is 1. The van der Waals surface area contributed by atoms with Crippen LogP contribution in [0.25, 0.3) is 10.4 Å². The zero-order valence-electron chi connectivity index (χ0n) is 20.7. The number of carboxylic acid groups (broad SMARTS) is 2. The van der Waals surface area contributed by atoms with Crippen LogP contribution >= 0.6 is 11.3 Å². The Labute approximate surface area is 227 Å². The van der Waals surface area contributed by atoms with Crippen LogP contribution in [0.1, 0.15) is 28.1 Å². The Bertz CT molecular complexity index is 1510. The van der Waals surface area contributed by atoms with Crippen LogP contribution in [0.15, 0.2) is 53.4 Å². The first-order valence-corrected chi connectivity index (χ1v) is 14.1. The molecule has 14 heteroatoms. The smallest absolute Gasteiger partial charge is 0.349 e. The molecule has 3 aromatic rings. The molecular formula is C25H25N3O9S2. The topological polar surface area (TPSA) is 176 Å². The van der Waals surface area contributed by atoms with Crippen LogP contribution in [-0.4, -0.2) is 61.2 Å². The molecule has 1 aliphatic heterocycles. The number of anilines is 1. The number of aromatic carboxylic acids is 1. The van der Waals surface area contributed by atoms with E-state index in [1.807, 2.05) is 0 Å². The number of aliphatic carboxylic acids is 1. The number of piperidine rings is 1. The molecule has 12 nitrogen and oxygen atoms in total. The van der Waals surface area contributed by atoms with Crippen molar-refractivity contribution in [1.82, 2.24) is 5.32 Å². The van der Waals surface area contributed by atoms with Gasteiger partial charge in [-0.1, -0.05) is 12.1 Å². The molecule has 0 amide bonds. The molecule has 2 aromatic carbocycles. The summed E-state index contributed by atoms with van der Waals surface area (Å²) in [7, 11) is -4.14. The lowest BCUT2D eigenvalue weighted by atomic mass is 10.0. The number of ether oxygens (including phenoxy) is 1. The molecular weight excluding hydrogens is 550 g/mol. The lowest BCUT2D eigenvalue weighted by Crippen LogP contribution is -2.46. The minimum absolute atomic E-state index is 0.0518. The Balaban J connectivity index is 1.80. The minimum atomic E-state index is -4.14. The summed E-state index contributed by atoms with van der Waals surface area (Å²) in [5.74, 6) is -2.58. The van der Waals surface area contributed by atoms with Crippen LogP contribution in [-0.2, 0) is 14.8 Å². The Morgan fingerprint density at radius 3 is 2.41 bits per heavy atom. The summed E-state index contributed by atoms with van der Waals surface area (Å²) >= 11 is 0.904. The molecule has 0 aliphatic carbocycles. The fourth-order valence-corrected chi connectivity index (χ4v) is 7.24. The lowest BCUT2D eigenvalue weighted by Gasteiger charge is -2.35. The van der Waals surface area contributed by atoms with E-state index in [-0.39, 0.29) is 21.2 Å². The van der Waals surface area contributed by atoms with Gasteiger partial charge in [-0.2, -0.15) is 0 Å². The minimum Gasteiger partial charge on any atom is -0.480 e. The molecule has 2 heterocycles. The predicted octanol–water partition coefficient (Wildman–Crippen LogP) is 3.74. The molecule has 4 rings (SSSR count). The number of non-ortho nitro benzene ring substituents is 1. The number of carbonyl (C=O) groups is 2. The summed E-state index contributed by atoms with van der Waals surface area (Å²) in [5.41, 5.74) is 1.06. The van der Waals surface area contributed by atoms with Gasteiger partial charge in [0, 0.05) is 28.6 Å². The maximum Gasteiger partial charge on any atom is 0.349 e. The van der Waals surface area contributed by atoms with E-state index in [1.165, 1.54) is 16.4 Å². The van der Waals surface area contributed by atoms with E-state index < -0.39 is 39.5 Å². The summed E-state index contributed by atoms with van der Waals surface area (Å²) in [4.78, 5) is 33.6. The van der Waals surface area contributed by atoms with E-state index in [1.54, 1.807) is 31.2 Å². The number of nitro benzene ring substituents is 1. The van der Waals surface area contributed by atoms with E-state index in [4.69, 9.17) is 9.84 Å². The van der Waals surface area contributed by atoms with Gasteiger partial charge in [-0.15, -0.1) is 11.3 Å². The highest BCUT2D eigenvalue weighted by atomic mass is 32.2. The second-order valence-electron chi connectivity index (χ2n) is 8.79.